The minimum atomic E-state index is 0.208. The van der Waals surface area contributed by atoms with Gasteiger partial charge in [-0.1, -0.05) is 41.9 Å². The molecular formula is C19H23ClN2O2. The van der Waals surface area contributed by atoms with E-state index in [0.29, 0.717) is 12.3 Å². The lowest BCUT2D eigenvalue weighted by molar-refractivity contribution is 0.0161. The molecule has 3 rings (SSSR count). The van der Waals surface area contributed by atoms with E-state index >= 15 is 0 Å². The second-order valence-electron chi connectivity index (χ2n) is 5.99. The molecule has 0 amide bonds. The molecule has 128 valence electrons. The lowest BCUT2D eigenvalue weighted by Gasteiger charge is -2.35. The molecule has 2 N–H and O–H groups in total. The van der Waals surface area contributed by atoms with Crippen LogP contribution in [-0.4, -0.2) is 42.9 Å². The summed E-state index contributed by atoms with van der Waals surface area (Å²) in [5.41, 5.74) is 2.21. The maximum atomic E-state index is 9.57. The van der Waals surface area contributed by atoms with Crippen LogP contribution in [0, 0.1) is 0 Å². The molecule has 0 saturated carbocycles. The van der Waals surface area contributed by atoms with Crippen molar-refractivity contribution < 1.29 is 9.84 Å². The van der Waals surface area contributed by atoms with Crippen LogP contribution in [0.5, 0.6) is 5.75 Å². The third kappa shape index (κ3) is 4.48. The van der Waals surface area contributed by atoms with E-state index in [1.54, 1.807) is 12.1 Å². The Labute approximate surface area is 148 Å². The number of halogens is 1. The zero-order valence-electron chi connectivity index (χ0n) is 13.6. The van der Waals surface area contributed by atoms with Gasteiger partial charge in [0.1, 0.15) is 5.75 Å². The monoisotopic (exact) mass is 346 g/mol. The Morgan fingerprint density at radius 1 is 1.12 bits per heavy atom. The van der Waals surface area contributed by atoms with Gasteiger partial charge in [-0.2, -0.15) is 0 Å². The lowest BCUT2D eigenvalue weighted by atomic mass is 10.0. The van der Waals surface area contributed by atoms with Gasteiger partial charge in [-0.05, 0) is 29.3 Å². The van der Waals surface area contributed by atoms with E-state index in [0.717, 1.165) is 49.0 Å². The number of phenolic OH excluding ortho intramolecular Hbond substituents is 1. The SMILES string of the molecule is Oc1cccc(CNCC(c2ccccc2Cl)N2CCOCC2)c1. The molecule has 1 saturated heterocycles. The van der Waals surface area contributed by atoms with E-state index in [4.69, 9.17) is 16.3 Å². The quantitative estimate of drug-likeness (QED) is 0.843. The van der Waals surface area contributed by atoms with Crippen molar-refractivity contribution in [3.63, 3.8) is 0 Å². The maximum Gasteiger partial charge on any atom is 0.115 e. The number of nitrogens with zero attached hydrogens (tertiary/aromatic N) is 1. The Kier molecular flexibility index (Phi) is 6.10. The first-order valence-electron chi connectivity index (χ1n) is 8.29. The molecule has 1 atom stereocenters. The fourth-order valence-electron chi connectivity index (χ4n) is 3.09. The Balaban J connectivity index is 1.69. The van der Waals surface area contributed by atoms with Crippen LogP contribution in [-0.2, 0) is 11.3 Å². The van der Waals surface area contributed by atoms with Crippen LogP contribution in [0.15, 0.2) is 48.5 Å². The van der Waals surface area contributed by atoms with Gasteiger partial charge in [-0.3, -0.25) is 4.90 Å². The highest BCUT2D eigenvalue weighted by molar-refractivity contribution is 6.31. The molecule has 1 fully saturated rings. The summed E-state index contributed by atoms with van der Waals surface area (Å²) >= 11 is 6.44. The van der Waals surface area contributed by atoms with Crippen LogP contribution in [0.1, 0.15) is 17.2 Å². The van der Waals surface area contributed by atoms with Gasteiger partial charge in [0.25, 0.3) is 0 Å². The molecule has 1 aliphatic heterocycles. The Hall–Kier alpha value is -1.59. The van der Waals surface area contributed by atoms with Crippen molar-refractivity contribution in [2.24, 2.45) is 0 Å². The summed E-state index contributed by atoms with van der Waals surface area (Å²) in [5.74, 6) is 0.296. The molecule has 1 unspecified atom stereocenters. The minimum absolute atomic E-state index is 0.208. The molecule has 0 aliphatic carbocycles. The molecule has 0 bridgehead atoms. The fourth-order valence-corrected chi connectivity index (χ4v) is 3.35. The van der Waals surface area contributed by atoms with Gasteiger partial charge in [0.05, 0.1) is 13.2 Å². The van der Waals surface area contributed by atoms with Crippen LogP contribution < -0.4 is 5.32 Å². The summed E-state index contributed by atoms with van der Waals surface area (Å²) < 4.78 is 5.48. The fraction of sp³-hybridized carbons (Fsp3) is 0.368. The van der Waals surface area contributed by atoms with Gasteiger partial charge in [0, 0.05) is 37.2 Å². The average Bonchev–Trinajstić information content (AvgIpc) is 2.61. The van der Waals surface area contributed by atoms with E-state index in [2.05, 4.69) is 16.3 Å². The van der Waals surface area contributed by atoms with Crippen molar-refractivity contribution in [2.45, 2.75) is 12.6 Å². The summed E-state index contributed by atoms with van der Waals surface area (Å²) in [4.78, 5) is 2.42. The van der Waals surface area contributed by atoms with E-state index in [9.17, 15) is 5.11 Å². The summed E-state index contributed by atoms with van der Waals surface area (Å²) in [5, 5.41) is 13.9. The smallest absolute Gasteiger partial charge is 0.115 e. The standard InChI is InChI=1S/C19H23ClN2O2/c20-18-7-2-1-6-17(18)19(22-8-10-24-11-9-22)14-21-13-15-4-3-5-16(23)12-15/h1-7,12,19,21,23H,8-11,13-14H2. The summed E-state index contributed by atoms with van der Waals surface area (Å²) in [6, 6.07) is 15.6. The van der Waals surface area contributed by atoms with Crippen molar-refractivity contribution in [1.29, 1.82) is 0 Å². The van der Waals surface area contributed by atoms with Crippen LogP contribution in [0.25, 0.3) is 0 Å². The van der Waals surface area contributed by atoms with Crippen LogP contribution in [0.3, 0.4) is 0 Å². The number of rotatable bonds is 6. The van der Waals surface area contributed by atoms with Crippen molar-refractivity contribution in [2.75, 3.05) is 32.8 Å². The molecule has 1 heterocycles. The highest BCUT2D eigenvalue weighted by Gasteiger charge is 2.23. The Morgan fingerprint density at radius 2 is 1.92 bits per heavy atom. The van der Waals surface area contributed by atoms with Gasteiger partial charge in [-0.25, -0.2) is 0 Å². The first-order chi connectivity index (χ1) is 11.7. The normalized spacial score (nSPS) is 16.9. The zero-order valence-corrected chi connectivity index (χ0v) is 14.4. The van der Waals surface area contributed by atoms with Gasteiger partial charge in [0.2, 0.25) is 0 Å². The largest absolute Gasteiger partial charge is 0.508 e. The number of phenols is 1. The molecule has 4 nitrogen and oxygen atoms in total. The summed E-state index contributed by atoms with van der Waals surface area (Å²) in [6.45, 7) is 4.83. The number of morpholine rings is 1. The number of aromatic hydroxyl groups is 1. The molecule has 24 heavy (non-hydrogen) atoms. The number of hydrogen-bond donors (Lipinski definition) is 2. The molecule has 2 aromatic rings. The van der Waals surface area contributed by atoms with Crippen molar-refractivity contribution in [3.05, 3.63) is 64.7 Å². The number of hydrogen-bond acceptors (Lipinski definition) is 4. The van der Waals surface area contributed by atoms with Crippen LogP contribution >= 0.6 is 11.6 Å². The van der Waals surface area contributed by atoms with E-state index in [-0.39, 0.29) is 6.04 Å². The van der Waals surface area contributed by atoms with E-state index in [1.165, 1.54) is 0 Å². The number of ether oxygens (including phenoxy) is 1. The van der Waals surface area contributed by atoms with Crippen molar-refractivity contribution in [1.82, 2.24) is 10.2 Å². The molecule has 0 spiro atoms. The number of nitrogens with one attached hydrogen (secondary N) is 1. The number of benzene rings is 2. The predicted octanol–water partition coefficient (Wildman–Crippen LogP) is 3.21. The molecule has 5 heteroatoms. The first-order valence-corrected chi connectivity index (χ1v) is 8.66. The van der Waals surface area contributed by atoms with E-state index < -0.39 is 0 Å². The van der Waals surface area contributed by atoms with Gasteiger partial charge in [0.15, 0.2) is 0 Å². The first kappa shape index (κ1) is 17.2. The zero-order chi connectivity index (χ0) is 16.8. The third-order valence-corrected chi connectivity index (χ3v) is 4.67. The van der Waals surface area contributed by atoms with Gasteiger partial charge in [-0.15, -0.1) is 0 Å². The maximum absolute atomic E-state index is 9.57. The van der Waals surface area contributed by atoms with Crippen LogP contribution in [0.2, 0.25) is 5.02 Å². The minimum Gasteiger partial charge on any atom is -0.508 e. The highest BCUT2D eigenvalue weighted by atomic mass is 35.5. The van der Waals surface area contributed by atoms with Crippen LogP contribution in [0.4, 0.5) is 0 Å². The molecule has 0 radical (unpaired) electrons. The van der Waals surface area contributed by atoms with Crippen molar-refractivity contribution >= 4 is 11.6 Å². The lowest BCUT2D eigenvalue weighted by Crippen LogP contribution is -2.42. The predicted molar refractivity (Wildman–Crippen MR) is 96.4 cm³/mol. The van der Waals surface area contributed by atoms with Crippen molar-refractivity contribution in [3.8, 4) is 5.75 Å². The van der Waals surface area contributed by atoms with Gasteiger partial charge >= 0.3 is 0 Å². The average molecular weight is 347 g/mol. The molecule has 1 aliphatic rings. The molecular weight excluding hydrogens is 324 g/mol. The highest BCUT2D eigenvalue weighted by Crippen LogP contribution is 2.27. The second kappa shape index (κ2) is 8.49. The summed E-state index contributed by atoms with van der Waals surface area (Å²) in [7, 11) is 0. The Bertz CT molecular complexity index is 659. The summed E-state index contributed by atoms with van der Waals surface area (Å²) in [6.07, 6.45) is 0. The van der Waals surface area contributed by atoms with E-state index in [1.807, 2.05) is 30.3 Å². The topological polar surface area (TPSA) is 44.7 Å². The van der Waals surface area contributed by atoms with Gasteiger partial charge < -0.3 is 15.2 Å². The second-order valence-corrected chi connectivity index (χ2v) is 6.39. The Morgan fingerprint density at radius 3 is 2.67 bits per heavy atom. The third-order valence-electron chi connectivity index (χ3n) is 4.33. The molecule has 2 aromatic carbocycles. The molecule has 0 aromatic heterocycles.